The molecular weight excluding hydrogens is 338 g/mol. The van der Waals surface area contributed by atoms with Crippen LogP contribution in [0.3, 0.4) is 0 Å². The first-order chi connectivity index (χ1) is 13.0. The van der Waals surface area contributed by atoms with Crippen LogP contribution in [-0.2, 0) is 16.1 Å². The summed E-state index contributed by atoms with van der Waals surface area (Å²) in [5.74, 6) is -0.0676. The first-order valence-corrected chi connectivity index (χ1v) is 10.1. The molecule has 0 bridgehead atoms. The Hall–Kier alpha value is -2.11. The predicted octanol–water partition coefficient (Wildman–Crippen LogP) is 2.20. The molecule has 2 N–H and O–H groups in total. The zero-order valence-corrected chi connectivity index (χ0v) is 16.7. The van der Waals surface area contributed by atoms with E-state index in [1.807, 2.05) is 13.8 Å². The van der Waals surface area contributed by atoms with E-state index < -0.39 is 0 Å². The van der Waals surface area contributed by atoms with Gasteiger partial charge in [0.15, 0.2) is 0 Å². The zero-order chi connectivity index (χ0) is 19.1. The number of carbonyl (C=O) groups excluding carboxylic acids is 1. The van der Waals surface area contributed by atoms with E-state index in [1.54, 1.807) is 5.06 Å². The van der Waals surface area contributed by atoms with E-state index in [0.29, 0.717) is 12.6 Å². The van der Waals surface area contributed by atoms with Gasteiger partial charge in [0, 0.05) is 29.1 Å². The second-order valence-electron chi connectivity index (χ2n) is 8.17. The average molecular weight is 369 g/mol. The fourth-order valence-electron chi connectivity index (χ4n) is 4.56. The van der Waals surface area contributed by atoms with Crippen molar-refractivity contribution < 1.29 is 14.5 Å². The molecule has 5 nitrogen and oxygen atoms in total. The topological polar surface area (TPSA) is 49.8 Å². The lowest BCUT2D eigenvalue weighted by Gasteiger charge is -2.38. The van der Waals surface area contributed by atoms with Gasteiger partial charge in [-0.2, -0.15) is 0 Å². The van der Waals surface area contributed by atoms with Crippen molar-refractivity contribution in [1.29, 1.82) is 0 Å². The fourth-order valence-corrected chi connectivity index (χ4v) is 4.56. The van der Waals surface area contributed by atoms with Crippen molar-refractivity contribution in [3.8, 4) is 0 Å². The maximum atomic E-state index is 13.2. The number of aromatic nitrogens is 1. The van der Waals surface area contributed by atoms with Gasteiger partial charge in [-0.15, -0.1) is 0 Å². The summed E-state index contributed by atoms with van der Waals surface area (Å²) in [5, 5.41) is 2.91. The number of nitrogens with zero attached hydrogens (tertiary/aromatic N) is 1. The standard InChI is InChI=1S/C22H29N3O2/c1-5-9-27-25(14(2)3)22(26)16-10-18-17-7-6-8-19-21(17)15(12-23-19)11-20(18)24(4)13-16/h6-8,10,12,14,16,20,23H,5,9,11,13H2,1-4H3/p+1/t16-,20-/m1/s1. The van der Waals surface area contributed by atoms with Crippen molar-refractivity contribution in [2.45, 2.75) is 45.7 Å². The van der Waals surface area contributed by atoms with Crippen LogP contribution in [0.15, 0.2) is 30.5 Å². The Bertz CT molecular complexity index is 883. The molecule has 4 rings (SSSR count). The molecular formula is C22H30N3O2+. The number of hydrogen-bond acceptors (Lipinski definition) is 2. The van der Waals surface area contributed by atoms with Crippen molar-refractivity contribution in [2.24, 2.45) is 5.92 Å². The lowest BCUT2D eigenvalue weighted by Crippen LogP contribution is -3.15. The molecule has 1 aromatic carbocycles. The normalized spacial score (nSPS) is 24.0. The number of likely N-dealkylation sites (N-methyl/N-ethyl adjacent to an activating group) is 1. The Morgan fingerprint density at radius 2 is 2.22 bits per heavy atom. The van der Waals surface area contributed by atoms with Gasteiger partial charge in [0.05, 0.1) is 26.2 Å². The molecule has 1 unspecified atom stereocenters. The number of hydrogen-bond donors (Lipinski definition) is 2. The highest BCUT2D eigenvalue weighted by molar-refractivity contribution is 5.98. The first-order valence-electron chi connectivity index (χ1n) is 10.1. The third-order valence-electron chi connectivity index (χ3n) is 5.85. The molecule has 1 aromatic heterocycles. The van der Waals surface area contributed by atoms with Crippen LogP contribution in [0.2, 0.25) is 0 Å². The van der Waals surface area contributed by atoms with Gasteiger partial charge in [-0.1, -0.05) is 25.1 Å². The summed E-state index contributed by atoms with van der Waals surface area (Å²) >= 11 is 0. The fraction of sp³-hybridized carbons (Fsp3) is 0.500. The highest BCUT2D eigenvalue weighted by atomic mass is 16.7. The molecule has 0 saturated carbocycles. The van der Waals surface area contributed by atoms with Gasteiger partial charge >= 0.3 is 0 Å². The van der Waals surface area contributed by atoms with Crippen LogP contribution < -0.4 is 4.90 Å². The Labute approximate surface area is 160 Å². The predicted molar refractivity (Wildman–Crippen MR) is 107 cm³/mol. The number of rotatable bonds is 5. The van der Waals surface area contributed by atoms with Crippen LogP contribution in [0.4, 0.5) is 0 Å². The van der Waals surface area contributed by atoms with E-state index in [0.717, 1.165) is 19.4 Å². The van der Waals surface area contributed by atoms with E-state index in [-0.39, 0.29) is 17.9 Å². The molecule has 2 heterocycles. The molecule has 0 spiro atoms. The third-order valence-corrected chi connectivity index (χ3v) is 5.85. The lowest BCUT2D eigenvalue weighted by molar-refractivity contribution is -0.900. The second-order valence-corrected chi connectivity index (χ2v) is 8.17. The molecule has 1 aliphatic carbocycles. The third kappa shape index (κ3) is 3.09. The Morgan fingerprint density at radius 3 is 2.96 bits per heavy atom. The van der Waals surface area contributed by atoms with E-state index in [2.05, 4.69) is 49.4 Å². The molecule has 1 amide bonds. The average Bonchev–Trinajstić information content (AvgIpc) is 3.07. The van der Waals surface area contributed by atoms with E-state index in [4.69, 9.17) is 4.84 Å². The van der Waals surface area contributed by atoms with Crippen molar-refractivity contribution in [1.82, 2.24) is 10.0 Å². The SMILES string of the molecule is CCCON(C(=O)[C@@H]1C=C2c3cccc4[nH]cc(c34)C[C@H]2[NH+](C)C1)C(C)C. The quantitative estimate of drug-likeness (QED) is 0.795. The number of benzene rings is 1. The zero-order valence-electron chi connectivity index (χ0n) is 16.7. The Balaban J connectivity index is 1.71. The minimum absolute atomic E-state index is 0.0338. The number of nitrogens with one attached hydrogen (secondary N) is 2. The highest BCUT2D eigenvalue weighted by Gasteiger charge is 2.40. The summed E-state index contributed by atoms with van der Waals surface area (Å²) in [6, 6.07) is 6.88. The molecule has 0 fully saturated rings. The van der Waals surface area contributed by atoms with Crippen LogP contribution in [0, 0.1) is 5.92 Å². The first kappa shape index (κ1) is 18.3. The van der Waals surface area contributed by atoms with Gasteiger partial charge in [-0.05, 0) is 37.5 Å². The maximum Gasteiger partial charge on any atom is 0.259 e. The number of H-pyrrole nitrogens is 1. The molecule has 3 atom stereocenters. The van der Waals surface area contributed by atoms with Gasteiger partial charge in [0.1, 0.15) is 12.0 Å². The largest absolute Gasteiger partial charge is 0.361 e. The number of amides is 1. The molecule has 5 heteroatoms. The summed E-state index contributed by atoms with van der Waals surface area (Å²) in [5.41, 5.74) is 5.17. The maximum absolute atomic E-state index is 13.2. The summed E-state index contributed by atoms with van der Waals surface area (Å²) in [4.78, 5) is 23.8. The van der Waals surface area contributed by atoms with Crippen LogP contribution in [0.25, 0.3) is 16.5 Å². The number of aromatic amines is 1. The highest BCUT2D eigenvalue weighted by Crippen LogP contribution is 2.37. The summed E-state index contributed by atoms with van der Waals surface area (Å²) in [6.45, 7) is 7.46. The number of carbonyl (C=O) groups is 1. The molecule has 1 aliphatic heterocycles. The monoisotopic (exact) mass is 368 g/mol. The van der Waals surface area contributed by atoms with Crippen LogP contribution >= 0.6 is 0 Å². The van der Waals surface area contributed by atoms with Crippen molar-refractivity contribution in [2.75, 3.05) is 20.2 Å². The van der Waals surface area contributed by atoms with E-state index >= 15 is 0 Å². The molecule has 0 saturated heterocycles. The van der Waals surface area contributed by atoms with Crippen molar-refractivity contribution >= 4 is 22.4 Å². The molecule has 27 heavy (non-hydrogen) atoms. The van der Waals surface area contributed by atoms with Crippen LogP contribution in [-0.4, -0.2) is 48.2 Å². The lowest BCUT2D eigenvalue weighted by atomic mass is 9.79. The minimum Gasteiger partial charge on any atom is -0.361 e. The smallest absolute Gasteiger partial charge is 0.259 e. The van der Waals surface area contributed by atoms with Gasteiger partial charge in [-0.3, -0.25) is 9.63 Å². The summed E-state index contributed by atoms with van der Waals surface area (Å²) < 4.78 is 0. The van der Waals surface area contributed by atoms with Gasteiger partial charge in [0.25, 0.3) is 5.91 Å². The van der Waals surface area contributed by atoms with Gasteiger partial charge in [0.2, 0.25) is 0 Å². The van der Waals surface area contributed by atoms with Crippen LogP contribution in [0.1, 0.15) is 38.3 Å². The van der Waals surface area contributed by atoms with Gasteiger partial charge in [-0.25, -0.2) is 5.06 Å². The van der Waals surface area contributed by atoms with E-state index in [1.165, 1.54) is 32.5 Å². The molecule has 2 aromatic rings. The number of quaternary nitrogens is 1. The number of fused-ring (bicyclic) bond motifs is 2. The molecule has 144 valence electrons. The minimum atomic E-state index is -0.147. The molecule has 0 radical (unpaired) electrons. The Kier molecular flexibility index (Phi) is 4.82. The molecule has 2 aliphatic rings. The number of hydroxylamine groups is 2. The summed E-state index contributed by atoms with van der Waals surface area (Å²) in [7, 11) is 2.21. The second kappa shape index (κ2) is 7.13. The Morgan fingerprint density at radius 1 is 1.41 bits per heavy atom. The van der Waals surface area contributed by atoms with Crippen molar-refractivity contribution in [3.63, 3.8) is 0 Å². The van der Waals surface area contributed by atoms with Crippen molar-refractivity contribution in [3.05, 3.63) is 41.6 Å². The van der Waals surface area contributed by atoms with Crippen LogP contribution in [0.5, 0.6) is 0 Å². The summed E-state index contributed by atoms with van der Waals surface area (Å²) in [6.07, 6.45) is 6.29. The van der Waals surface area contributed by atoms with Gasteiger partial charge < -0.3 is 9.88 Å². The van der Waals surface area contributed by atoms with E-state index in [9.17, 15) is 4.79 Å².